The van der Waals surface area contributed by atoms with Crippen molar-refractivity contribution < 1.29 is 31.4 Å². The Morgan fingerprint density at radius 2 is 1.60 bits per heavy atom. The number of nitrogens with zero attached hydrogens (tertiary/aromatic N) is 1. The number of benzene rings is 1. The first kappa shape index (κ1) is 19.4. The third kappa shape index (κ3) is 3.40. The Balaban J connectivity index is 2.28. The maximum atomic E-state index is 12.9. The van der Waals surface area contributed by atoms with E-state index in [-0.39, 0.29) is 0 Å². The number of allylic oxidation sites excluding steroid dienone is 2. The Labute approximate surface area is 141 Å². The van der Waals surface area contributed by atoms with Gasteiger partial charge in [0.25, 0.3) is 5.60 Å². The second kappa shape index (κ2) is 6.40. The zero-order valence-corrected chi connectivity index (χ0v) is 13.4. The summed E-state index contributed by atoms with van der Waals surface area (Å²) in [5.74, 6) is 0. The molecule has 0 aliphatic carbocycles. The lowest BCUT2D eigenvalue weighted by Gasteiger charge is -2.32. The molecule has 0 amide bonds. The molecule has 0 unspecified atom stereocenters. The average Bonchev–Trinajstić information content (AvgIpc) is 2.85. The predicted octanol–water partition coefficient (Wildman–Crippen LogP) is 4.66. The summed E-state index contributed by atoms with van der Waals surface area (Å²) < 4.78 is 77.1. The van der Waals surface area contributed by atoms with Gasteiger partial charge in [0.15, 0.2) is 0 Å². The van der Waals surface area contributed by atoms with Gasteiger partial charge in [0, 0.05) is 24.4 Å². The molecule has 0 saturated heterocycles. The van der Waals surface area contributed by atoms with Crippen LogP contribution < -0.4 is 0 Å². The highest BCUT2D eigenvalue weighted by molar-refractivity contribution is 5.32. The lowest BCUT2D eigenvalue weighted by Crippen LogP contribution is -2.53. The fourth-order valence-corrected chi connectivity index (χ4v) is 2.81. The van der Waals surface area contributed by atoms with Crippen LogP contribution in [0, 0.1) is 0 Å². The van der Waals surface area contributed by atoms with Gasteiger partial charge in [-0.2, -0.15) is 26.3 Å². The molecule has 25 heavy (non-hydrogen) atoms. The van der Waals surface area contributed by atoms with E-state index < -0.39 is 23.5 Å². The molecule has 0 spiro atoms. The van der Waals surface area contributed by atoms with E-state index in [1.54, 1.807) is 6.08 Å². The van der Waals surface area contributed by atoms with E-state index in [2.05, 4.69) is 6.58 Å². The Morgan fingerprint density at radius 3 is 2.00 bits per heavy atom. The van der Waals surface area contributed by atoms with Crippen LogP contribution in [-0.2, 0) is 12.1 Å². The van der Waals surface area contributed by atoms with Crippen molar-refractivity contribution >= 4 is 0 Å². The van der Waals surface area contributed by atoms with Gasteiger partial charge in [-0.25, -0.2) is 0 Å². The fraction of sp³-hybridized carbons (Fsp3) is 0.412. The lowest BCUT2D eigenvalue weighted by molar-refractivity contribution is -0.376. The number of rotatable bonds is 4. The van der Waals surface area contributed by atoms with Crippen molar-refractivity contribution in [2.24, 2.45) is 0 Å². The van der Waals surface area contributed by atoms with Gasteiger partial charge < -0.3 is 10.0 Å². The third-order valence-corrected chi connectivity index (χ3v) is 4.40. The van der Waals surface area contributed by atoms with Crippen LogP contribution in [0.4, 0.5) is 26.3 Å². The monoisotopic (exact) mass is 365 g/mol. The third-order valence-electron chi connectivity index (χ3n) is 4.40. The van der Waals surface area contributed by atoms with Crippen LogP contribution >= 0.6 is 0 Å². The smallest absolute Gasteiger partial charge is 0.370 e. The van der Waals surface area contributed by atoms with Crippen molar-refractivity contribution in [2.45, 2.75) is 37.8 Å². The summed E-state index contributed by atoms with van der Waals surface area (Å²) in [6, 6.07) is 3.66. The molecule has 1 aromatic carbocycles. The topological polar surface area (TPSA) is 23.5 Å². The van der Waals surface area contributed by atoms with Crippen molar-refractivity contribution in [1.29, 1.82) is 0 Å². The zero-order valence-electron chi connectivity index (χ0n) is 13.4. The number of hydrogen-bond donors (Lipinski definition) is 1. The summed E-state index contributed by atoms with van der Waals surface area (Å²) in [5.41, 5.74) is -3.57. The minimum absolute atomic E-state index is 0.347. The maximum absolute atomic E-state index is 12.9. The van der Waals surface area contributed by atoms with Gasteiger partial charge in [0.2, 0.25) is 0 Å². The molecule has 0 fully saturated rings. The minimum Gasteiger partial charge on any atom is -0.370 e. The predicted molar refractivity (Wildman–Crippen MR) is 80.4 cm³/mol. The van der Waals surface area contributed by atoms with Gasteiger partial charge in [-0.3, -0.25) is 0 Å². The number of hydrogen-bond acceptors (Lipinski definition) is 2. The Kier molecular flexibility index (Phi) is 4.96. The molecular formula is C17H17F6NO. The minimum atomic E-state index is -5.88. The molecule has 2 rings (SSSR count). The van der Waals surface area contributed by atoms with Crippen LogP contribution in [0.25, 0.3) is 0 Å². The Morgan fingerprint density at radius 1 is 1.08 bits per heavy atom. The molecule has 2 nitrogen and oxygen atoms in total. The van der Waals surface area contributed by atoms with Crippen LogP contribution in [0.15, 0.2) is 48.2 Å². The highest BCUT2D eigenvalue weighted by atomic mass is 19.4. The highest BCUT2D eigenvalue weighted by Crippen LogP contribution is 2.49. The average molecular weight is 365 g/mol. The number of aliphatic hydroxyl groups is 1. The summed E-state index contributed by atoms with van der Waals surface area (Å²) in [5, 5.41) is 9.36. The molecule has 0 bridgehead atoms. The summed E-state index contributed by atoms with van der Waals surface area (Å²) in [7, 11) is 0. The van der Waals surface area contributed by atoms with Crippen molar-refractivity contribution in [1.82, 2.24) is 4.90 Å². The highest BCUT2D eigenvalue weighted by Gasteiger charge is 2.71. The number of alkyl halides is 6. The van der Waals surface area contributed by atoms with Crippen molar-refractivity contribution in [3.8, 4) is 0 Å². The molecule has 1 aromatic rings. The zero-order chi connectivity index (χ0) is 19.0. The summed E-state index contributed by atoms with van der Waals surface area (Å²) in [6.07, 6.45) is -9.24. The Hall–Kier alpha value is -1.96. The molecule has 0 aromatic heterocycles. The molecule has 138 valence electrons. The van der Waals surface area contributed by atoms with Gasteiger partial charge in [0.05, 0.1) is 0 Å². The molecule has 1 aliphatic heterocycles. The van der Waals surface area contributed by atoms with E-state index >= 15 is 0 Å². The SMILES string of the molecule is C=CC1=C(C)N(Cc2ccc(C(O)(C(F)(F)F)C(F)(F)F)cc2)CC1. The standard InChI is InChI=1S/C17H17F6NO/c1-3-13-8-9-24(11(13)2)10-12-4-6-14(7-5-12)15(25,16(18,19)20)17(21,22)23/h3-7,25H,1,8-10H2,2H3. The van der Waals surface area contributed by atoms with Gasteiger partial charge >= 0.3 is 12.4 Å². The molecule has 8 heteroatoms. The summed E-state index contributed by atoms with van der Waals surface area (Å²) in [6.45, 7) is 6.62. The van der Waals surface area contributed by atoms with Crippen molar-refractivity contribution in [3.05, 3.63) is 59.3 Å². The van der Waals surface area contributed by atoms with Crippen LogP contribution in [0.5, 0.6) is 0 Å². The van der Waals surface area contributed by atoms with Crippen LogP contribution in [0.2, 0.25) is 0 Å². The van der Waals surface area contributed by atoms with Crippen LogP contribution in [0.1, 0.15) is 24.5 Å². The fourth-order valence-electron chi connectivity index (χ4n) is 2.81. The van der Waals surface area contributed by atoms with Crippen molar-refractivity contribution in [3.63, 3.8) is 0 Å². The Bertz CT molecular complexity index is 658. The molecular weight excluding hydrogens is 348 g/mol. The van der Waals surface area contributed by atoms with Crippen LogP contribution in [-0.4, -0.2) is 28.9 Å². The second-order valence-electron chi connectivity index (χ2n) is 5.89. The molecule has 0 atom stereocenters. The van der Waals surface area contributed by atoms with E-state index in [4.69, 9.17) is 0 Å². The molecule has 1 N–H and O–H groups in total. The molecule has 0 radical (unpaired) electrons. The van der Waals surface area contributed by atoms with E-state index in [1.807, 2.05) is 11.8 Å². The quantitative estimate of drug-likeness (QED) is 0.785. The lowest BCUT2D eigenvalue weighted by atomic mass is 9.91. The van der Waals surface area contributed by atoms with Gasteiger partial charge in [-0.05, 0) is 24.5 Å². The van der Waals surface area contributed by atoms with E-state index in [0.717, 1.165) is 29.8 Å². The first-order valence-electron chi connectivity index (χ1n) is 7.44. The summed E-state index contributed by atoms with van der Waals surface area (Å²) in [4.78, 5) is 1.96. The van der Waals surface area contributed by atoms with E-state index in [0.29, 0.717) is 30.8 Å². The van der Waals surface area contributed by atoms with Gasteiger partial charge in [-0.15, -0.1) is 0 Å². The van der Waals surface area contributed by atoms with Gasteiger partial charge in [-0.1, -0.05) is 36.9 Å². The second-order valence-corrected chi connectivity index (χ2v) is 5.89. The normalized spacial score (nSPS) is 16.6. The van der Waals surface area contributed by atoms with E-state index in [1.165, 1.54) is 0 Å². The molecule has 1 heterocycles. The molecule has 1 aliphatic rings. The molecule has 0 saturated carbocycles. The maximum Gasteiger partial charge on any atom is 0.430 e. The first-order chi connectivity index (χ1) is 11.4. The summed E-state index contributed by atoms with van der Waals surface area (Å²) >= 11 is 0. The van der Waals surface area contributed by atoms with Crippen molar-refractivity contribution in [2.75, 3.05) is 6.54 Å². The largest absolute Gasteiger partial charge is 0.430 e. The van der Waals surface area contributed by atoms with E-state index in [9.17, 15) is 31.4 Å². The first-order valence-corrected chi connectivity index (χ1v) is 7.44. The van der Waals surface area contributed by atoms with Crippen LogP contribution in [0.3, 0.4) is 0 Å². The van der Waals surface area contributed by atoms with Gasteiger partial charge in [0.1, 0.15) is 0 Å². The number of halogens is 6.